The third-order valence-corrected chi connectivity index (χ3v) is 4.64. The highest BCUT2D eigenvalue weighted by Crippen LogP contribution is 2.40. The standard InChI is InChI=1S/C18H19BrN6O2.HI/c1-2-20-18(22-10-16-24-23-15-5-3-4-6-25(15)16)21-9-12-7-13(19)17-14(8-12)26-11-27-17;/h3-8H,2,9-11H2,1H3,(H2,20,21,22);1H. The Morgan fingerprint density at radius 1 is 1.25 bits per heavy atom. The highest BCUT2D eigenvalue weighted by atomic mass is 127. The van der Waals surface area contributed by atoms with E-state index in [2.05, 4.69) is 41.8 Å². The summed E-state index contributed by atoms with van der Waals surface area (Å²) in [5.74, 6) is 3.01. The molecule has 0 spiro atoms. The first kappa shape index (κ1) is 20.6. The number of fused-ring (bicyclic) bond motifs is 2. The molecule has 8 nitrogen and oxygen atoms in total. The fourth-order valence-corrected chi connectivity index (χ4v) is 3.40. The molecular formula is C18H20BrIN6O2. The van der Waals surface area contributed by atoms with Crippen molar-refractivity contribution in [3.05, 3.63) is 52.4 Å². The summed E-state index contributed by atoms with van der Waals surface area (Å²) in [5, 5.41) is 14.9. The molecule has 1 aliphatic heterocycles. The van der Waals surface area contributed by atoms with Crippen LogP contribution >= 0.6 is 39.9 Å². The van der Waals surface area contributed by atoms with Crippen LogP contribution in [0.1, 0.15) is 18.3 Å². The first-order valence-corrected chi connectivity index (χ1v) is 9.42. The Balaban J connectivity index is 0.00000225. The Labute approximate surface area is 187 Å². The Morgan fingerprint density at radius 2 is 2.14 bits per heavy atom. The maximum Gasteiger partial charge on any atom is 0.231 e. The molecule has 2 aromatic heterocycles. The molecule has 0 atom stereocenters. The van der Waals surface area contributed by atoms with Crippen molar-refractivity contribution in [2.75, 3.05) is 13.3 Å². The molecule has 10 heteroatoms. The highest BCUT2D eigenvalue weighted by Gasteiger charge is 2.17. The number of hydrogen-bond acceptors (Lipinski definition) is 5. The van der Waals surface area contributed by atoms with Crippen LogP contribution in [0.3, 0.4) is 0 Å². The number of halogens is 2. The number of aromatic nitrogens is 3. The molecule has 0 aliphatic carbocycles. The lowest BCUT2D eigenvalue weighted by Crippen LogP contribution is -2.37. The lowest BCUT2D eigenvalue weighted by Gasteiger charge is -2.11. The Bertz CT molecular complexity index is 993. The number of nitrogens with one attached hydrogen (secondary N) is 2. The van der Waals surface area contributed by atoms with Crippen LogP contribution < -0.4 is 20.1 Å². The average Bonchev–Trinajstić information content (AvgIpc) is 3.31. The summed E-state index contributed by atoms with van der Waals surface area (Å²) in [7, 11) is 0. The fourth-order valence-electron chi connectivity index (χ4n) is 2.80. The highest BCUT2D eigenvalue weighted by molar-refractivity contribution is 14.0. The molecule has 0 fully saturated rings. The van der Waals surface area contributed by atoms with Crippen LogP contribution in [0.5, 0.6) is 11.5 Å². The van der Waals surface area contributed by atoms with Gasteiger partial charge in [-0.05, 0) is 52.7 Å². The molecule has 4 rings (SSSR count). The predicted molar refractivity (Wildman–Crippen MR) is 120 cm³/mol. The zero-order valence-corrected chi connectivity index (χ0v) is 19.1. The number of aliphatic imine (C=N–C) groups is 1. The Morgan fingerprint density at radius 3 is 3.00 bits per heavy atom. The quantitative estimate of drug-likeness (QED) is 0.284. The predicted octanol–water partition coefficient (Wildman–Crippen LogP) is 3.09. The van der Waals surface area contributed by atoms with Gasteiger partial charge < -0.3 is 20.1 Å². The molecule has 3 heterocycles. The number of ether oxygens (including phenoxy) is 2. The van der Waals surface area contributed by atoms with Crippen LogP contribution in [0, 0.1) is 0 Å². The van der Waals surface area contributed by atoms with Crippen molar-refractivity contribution in [1.82, 2.24) is 25.2 Å². The van der Waals surface area contributed by atoms with Gasteiger partial charge in [0.15, 0.2) is 28.9 Å². The van der Waals surface area contributed by atoms with Gasteiger partial charge in [0, 0.05) is 12.7 Å². The van der Waals surface area contributed by atoms with Crippen molar-refractivity contribution < 1.29 is 9.47 Å². The third-order valence-electron chi connectivity index (χ3n) is 4.05. The average molecular weight is 559 g/mol. The number of guanidine groups is 1. The van der Waals surface area contributed by atoms with Gasteiger partial charge >= 0.3 is 0 Å². The molecule has 0 unspecified atom stereocenters. The molecule has 2 N–H and O–H groups in total. The smallest absolute Gasteiger partial charge is 0.231 e. The topological polar surface area (TPSA) is 85.1 Å². The molecule has 0 radical (unpaired) electrons. The van der Waals surface area contributed by atoms with Gasteiger partial charge in [-0.2, -0.15) is 0 Å². The van der Waals surface area contributed by atoms with E-state index in [0.717, 1.165) is 39.6 Å². The number of pyridine rings is 1. The van der Waals surface area contributed by atoms with Crippen molar-refractivity contribution in [1.29, 1.82) is 0 Å². The minimum atomic E-state index is 0. The first-order valence-electron chi connectivity index (χ1n) is 8.63. The second-order valence-electron chi connectivity index (χ2n) is 5.91. The van der Waals surface area contributed by atoms with Gasteiger partial charge in [0.25, 0.3) is 0 Å². The van der Waals surface area contributed by atoms with Gasteiger partial charge in [0.1, 0.15) is 0 Å². The van der Waals surface area contributed by atoms with Crippen molar-refractivity contribution in [2.24, 2.45) is 4.99 Å². The van der Waals surface area contributed by atoms with E-state index in [-0.39, 0.29) is 30.8 Å². The van der Waals surface area contributed by atoms with E-state index in [0.29, 0.717) is 19.0 Å². The van der Waals surface area contributed by atoms with E-state index < -0.39 is 0 Å². The van der Waals surface area contributed by atoms with E-state index in [4.69, 9.17) is 9.47 Å². The lowest BCUT2D eigenvalue weighted by molar-refractivity contribution is 0.173. The molecule has 28 heavy (non-hydrogen) atoms. The molecule has 0 amide bonds. The lowest BCUT2D eigenvalue weighted by atomic mass is 10.2. The van der Waals surface area contributed by atoms with Crippen LogP contribution in [0.15, 0.2) is 46.0 Å². The van der Waals surface area contributed by atoms with E-state index in [1.54, 1.807) is 0 Å². The van der Waals surface area contributed by atoms with Crippen LogP contribution in [0.25, 0.3) is 5.65 Å². The van der Waals surface area contributed by atoms with Crippen molar-refractivity contribution in [3.63, 3.8) is 0 Å². The summed E-state index contributed by atoms with van der Waals surface area (Å²) in [4.78, 5) is 4.65. The second kappa shape index (κ2) is 9.41. The van der Waals surface area contributed by atoms with E-state index in [9.17, 15) is 0 Å². The number of rotatable bonds is 5. The molecule has 0 saturated carbocycles. The van der Waals surface area contributed by atoms with Crippen molar-refractivity contribution >= 4 is 51.5 Å². The number of nitrogens with zero attached hydrogens (tertiary/aromatic N) is 4. The second-order valence-corrected chi connectivity index (χ2v) is 6.76. The van der Waals surface area contributed by atoms with Crippen LogP contribution in [-0.2, 0) is 13.1 Å². The zero-order chi connectivity index (χ0) is 18.6. The number of hydrogen-bond donors (Lipinski definition) is 2. The fraction of sp³-hybridized carbons (Fsp3) is 0.278. The molecule has 3 aromatic rings. The van der Waals surface area contributed by atoms with Gasteiger partial charge in [-0.25, -0.2) is 4.99 Å². The van der Waals surface area contributed by atoms with Crippen LogP contribution in [-0.4, -0.2) is 33.9 Å². The van der Waals surface area contributed by atoms with Crippen LogP contribution in [0.2, 0.25) is 0 Å². The van der Waals surface area contributed by atoms with Gasteiger partial charge in [-0.1, -0.05) is 6.07 Å². The Hall–Kier alpha value is -2.08. The van der Waals surface area contributed by atoms with Gasteiger partial charge in [-0.15, -0.1) is 34.2 Å². The largest absolute Gasteiger partial charge is 0.454 e. The van der Waals surface area contributed by atoms with Gasteiger partial charge in [0.2, 0.25) is 6.79 Å². The van der Waals surface area contributed by atoms with Crippen LogP contribution in [0.4, 0.5) is 0 Å². The molecule has 0 saturated heterocycles. The molecular weight excluding hydrogens is 539 g/mol. The summed E-state index contributed by atoms with van der Waals surface area (Å²) in [5.41, 5.74) is 1.85. The minimum Gasteiger partial charge on any atom is -0.454 e. The summed E-state index contributed by atoms with van der Waals surface area (Å²) in [6.07, 6.45) is 1.94. The van der Waals surface area contributed by atoms with Gasteiger partial charge in [0.05, 0.1) is 17.6 Å². The molecule has 0 bridgehead atoms. The summed E-state index contributed by atoms with van der Waals surface area (Å²) in [6.45, 7) is 4.06. The monoisotopic (exact) mass is 558 g/mol. The molecule has 1 aromatic carbocycles. The van der Waals surface area contributed by atoms with E-state index in [1.165, 1.54) is 0 Å². The maximum atomic E-state index is 5.46. The summed E-state index contributed by atoms with van der Waals surface area (Å²) >= 11 is 3.51. The van der Waals surface area contributed by atoms with Gasteiger partial charge in [-0.3, -0.25) is 4.40 Å². The molecule has 148 valence electrons. The zero-order valence-electron chi connectivity index (χ0n) is 15.2. The van der Waals surface area contributed by atoms with Crippen molar-refractivity contribution in [2.45, 2.75) is 20.0 Å². The summed E-state index contributed by atoms with van der Waals surface area (Å²) in [6, 6.07) is 9.76. The number of benzene rings is 1. The maximum absolute atomic E-state index is 5.46. The van der Waals surface area contributed by atoms with E-state index in [1.807, 2.05) is 47.9 Å². The molecule has 1 aliphatic rings. The third kappa shape index (κ3) is 4.49. The van der Waals surface area contributed by atoms with E-state index >= 15 is 0 Å². The summed E-state index contributed by atoms with van der Waals surface area (Å²) < 4.78 is 13.7. The Kier molecular flexibility index (Phi) is 6.94. The normalized spacial score (nSPS) is 12.7. The van der Waals surface area contributed by atoms with Crippen molar-refractivity contribution in [3.8, 4) is 11.5 Å². The minimum absolute atomic E-state index is 0. The SMILES string of the molecule is CCNC(=NCc1cc(Br)c2c(c1)OCO2)NCc1nnc2ccccn12.I. The first-order chi connectivity index (χ1) is 13.2.